The molecule has 0 spiro atoms. The molecule has 2 fully saturated rings. The molecule has 1 heterocycles. The molecule has 1 saturated heterocycles. The van der Waals surface area contributed by atoms with Crippen LogP contribution in [0.2, 0.25) is 0 Å². The third kappa shape index (κ3) is 3.24. The number of hydrogen-bond acceptors (Lipinski definition) is 3. The Morgan fingerprint density at radius 1 is 1.19 bits per heavy atom. The van der Waals surface area contributed by atoms with Gasteiger partial charge in [-0.15, -0.1) is 0 Å². The molecule has 3 unspecified atom stereocenters. The van der Waals surface area contributed by atoms with Gasteiger partial charge >= 0.3 is 0 Å². The van der Waals surface area contributed by atoms with Crippen molar-refractivity contribution in [1.82, 2.24) is 5.32 Å². The van der Waals surface area contributed by atoms with Crippen LogP contribution in [0.5, 0.6) is 0 Å². The third-order valence-corrected chi connectivity index (χ3v) is 4.96. The quantitative estimate of drug-likeness (QED) is 0.898. The van der Waals surface area contributed by atoms with Crippen molar-refractivity contribution in [2.45, 2.75) is 51.8 Å². The minimum atomic E-state index is -0.0835. The maximum atomic E-state index is 10.1. The maximum Gasteiger partial charge on any atom is 0.0588 e. The van der Waals surface area contributed by atoms with Gasteiger partial charge in [-0.2, -0.15) is 0 Å². The lowest BCUT2D eigenvalue weighted by Crippen LogP contribution is -2.35. The Morgan fingerprint density at radius 3 is 2.67 bits per heavy atom. The third-order valence-electron chi connectivity index (χ3n) is 4.96. The first-order valence-electron chi connectivity index (χ1n) is 8.20. The standard InChI is InChI=1S/C18H28N2O/c1-18(2,3)19-10-13-6-4-5-7-16(13)20-11-14-8-9-17(21)15(14)12-20/h4-7,14-15,17,19,21H,8-12H2,1-3H3. The van der Waals surface area contributed by atoms with Crippen LogP contribution in [0.25, 0.3) is 0 Å². The van der Waals surface area contributed by atoms with E-state index in [1.165, 1.54) is 17.7 Å². The molecule has 3 nitrogen and oxygen atoms in total. The minimum Gasteiger partial charge on any atom is -0.393 e. The van der Waals surface area contributed by atoms with Gasteiger partial charge in [0.2, 0.25) is 0 Å². The lowest BCUT2D eigenvalue weighted by atomic mass is 10.00. The summed E-state index contributed by atoms with van der Waals surface area (Å²) in [6.45, 7) is 9.62. The summed E-state index contributed by atoms with van der Waals surface area (Å²) >= 11 is 0. The number of fused-ring (bicyclic) bond motifs is 1. The summed E-state index contributed by atoms with van der Waals surface area (Å²) in [6.07, 6.45) is 2.10. The first kappa shape index (κ1) is 14.9. The van der Waals surface area contributed by atoms with Crippen molar-refractivity contribution in [1.29, 1.82) is 0 Å². The van der Waals surface area contributed by atoms with E-state index in [9.17, 15) is 5.11 Å². The number of rotatable bonds is 3. The highest BCUT2D eigenvalue weighted by Crippen LogP contribution is 2.40. The molecule has 3 rings (SSSR count). The highest BCUT2D eigenvalue weighted by Gasteiger charge is 2.42. The zero-order valence-corrected chi connectivity index (χ0v) is 13.5. The Labute approximate surface area is 128 Å². The number of nitrogens with one attached hydrogen (secondary N) is 1. The van der Waals surface area contributed by atoms with Gasteiger partial charge in [-0.25, -0.2) is 0 Å². The fourth-order valence-corrected chi connectivity index (χ4v) is 3.76. The van der Waals surface area contributed by atoms with Crippen molar-refractivity contribution >= 4 is 5.69 Å². The van der Waals surface area contributed by atoms with Gasteiger partial charge in [0.05, 0.1) is 6.10 Å². The predicted molar refractivity (Wildman–Crippen MR) is 87.5 cm³/mol. The van der Waals surface area contributed by atoms with Crippen LogP contribution >= 0.6 is 0 Å². The molecule has 21 heavy (non-hydrogen) atoms. The van der Waals surface area contributed by atoms with E-state index in [0.29, 0.717) is 11.8 Å². The minimum absolute atomic E-state index is 0.0835. The van der Waals surface area contributed by atoms with Gasteiger partial charge in [0, 0.05) is 36.8 Å². The Kier molecular flexibility index (Phi) is 3.98. The van der Waals surface area contributed by atoms with Crippen LogP contribution in [0, 0.1) is 11.8 Å². The zero-order chi connectivity index (χ0) is 15.0. The Morgan fingerprint density at radius 2 is 1.95 bits per heavy atom. The zero-order valence-electron chi connectivity index (χ0n) is 13.5. The molecule has 0 amide bonds. The Hall–Kier alpha value is -1.06. The SMILES string of the molecule is CC(C)(C)NCc1ccccc1N1CC2CCC(O)C2C1. The second-order valence-corrected chi connectivity index (χ2v) is 7.71. The average Bonchev–Trinajstić information content (AvgIpc) is 2.99. The monoisotopic (exact) mass is 288 g/mol. The predicted octanol–water partition coefficient (Wildman–Crippen LogP) is 2.78. The van der Waals surface area contributed by atoms with Crippen molar-refractivity contribution in [3.8, 4) is 0 Å². The van der Waals surface area contributed by atoms with E-state index in [1.807, 2.05) is 0 Å². The van der Waals surface area contributed by atoms with E-state index in [-0.39, 0.29) is 11.6 Å². The van der Waals surface area contributed by atoms with Crippen LogP contribution in [0.3, 0.4) is 0 Å². The lowest BCUT2D eigenvalue weighted by molar-refractivity contribution is 0.133. The summed E-state index contributed by atoms with van der Waals surface area (Å²) in [5, 5.41) is 13.7. The number of anilines is 1. The normalized spacial score (nSPS) is 29.0. The molecule has 0 radical (unpaired) electrons. The highest BCUT2D eigenvalue weighted by atomic mass is 16.3. The summed E-state index contributed by atoms with van der Waals surface area (Å²) < 4.78 is 0. The summed E-state index contributed by atoms with van der Waals surface area (Å²) in [5.41, 5.74) is 2.84. The van der Waals surface area contributed by atoms with Crippen molar-refractivity contribution in [2.24, 2.45) is 11.8 Å². The summed E-state index contributed by atoms with van der Waals surface area (Å²) in [4.78, 5) is 2.48. The number of benzene rings is 1. The molecule has 116 valence electrons. The van der Waals surface area contributed by atoms with Gasteiger partial charge in [0.15, 0.2) is 0 Å². The van der Waals surface area contributed by atoms with Crippen molar-refractivity contribution in [3.05, 3.63) is 29.8 Å². The summed E-state index contributed by atoms with van der Waals surface area (Å²) in [5.74, 6) is 1.16. The second kappa shape index (κ2) is 5.62. The van der Waals surface area contributed by atoms with E-state index >= 15 is 0 Å². The largest absolute Gasteiger partial charge is 0.393 e. The lowest BCUT2D eigenvalue weighted by Gasteiger charge is -2.26. The van der Waals surface area contributed by atoms with Crippen LogP contribution in [0.1, 0.15) is 39.2 Å². The highest BCUT2D eigenvalue weighted by molar-refractivity contribution is 5.54. The molecule has 1 saturated carbocycles. The summed E-state index contributed by atoms with van der Waals surface area (Å²) in [7, 11) is 0. The summed E-state index contributed by atoms with van der Waals surface area (Å²) in [6, 6.07) is 8.70. The number of nitrogens with zero attached hydrogens (tertiary/aromatic N) is 1. The number of aliphatic hydroxyl groups is 1. The van der Waals surface area contributed by atoms with Crippen LogP contribution in [-0.2, 0) is 6.54 Å². The van der Waals surface area contributed by atoms with E-state index in [2.05, 4.69) is 55.3 Å². The van der Waals surface area contributed by atoms with Gasteiger partial charge in [-0.05, 0) is 51.2 Å². The van der Waals surface area contributed by atoms with Gasteiger partial charge in [-0.3, -0.25) is 0 Å². The van der Waals surface area contributed by atoms with Crippen molar-refractivity contribution < 1.29 is 5.11 Å². The molecule has 2 N–H and O–H groups in total. The topological polar surface area (TPSA) is 35.5 Å². The Bertz CT molecular complexity index is 494. The molecule has 1 aromatic carbocycles. The molecule has 3 atom stereocenters. The smallest absolute Gasteiger partial charge is 0.0588 e. The molecule has 1 aliphatic heterocycles. The first-order valence-corrected chi connectivity index (χ1v) is 8.20. The molecular weight excluding hydrogens is 260 g/mol. The molecule has 2 aliphatic rings. The van der Waals surface area contributed by atoms with Crippen molar-refractivity contribution in [2.75, 3.05) is 18.0 Å². The molecule has 1 aliphatic carbocycles. The van der Waals surface area contributed by atoms with Crippen molar-refractivity contribution in [3.63, 3.8) is 0 Å². The van der Waals surface area contributed by atoms with Crippen LogP contribution in [0.4, 0.5) is 5.69 Å². The number of aliphatic hydroxyl groups excluding tert-OH is 1. The van der Waals surface area contributed by atoms with E-state index < -0.39 is 0 Å². The van der Waals surface area contributed by atoms with Crippen LogP contribution in [-0.4, -0.2) is 29.8 Å². The maximum absolute atomic E-state index is 10.1. The fourth-order valence-electron chi connectivity index (χ4n) is 3.76. The second-order valence-electron chi connectivity index (χ2n) is 7.71. The van der Waals surface area contributed by atoms with Gasteiger partial charge < -0.3 is 15.3 Å². The van der Waals surface area contributed by atoms with Crippen LogP contribution in [0.15, 0.2) is 24.3 Å². The molecule has 3 heteroatoms. The molecule has 0 bridgehead atoms. The number of para-hydroxylation sites is 1. The van der Waals surface area contributed by atoms with E-state index in [0.717, 1.165) is 26.1 Å². The van der Waals surface area contributed by atoms with Gasteiger partial charge in [-0.1, -0.05) is 18.2 Å². The van der Waals surface area contributed by atoms with E-state index in [4.69, 9.17) is 0 Å². The van der Waals surface area contributed by atoms with E-state index in [1.54, 1.807) is 0 Å². The Balaban J connectivity index is 1.74. The average molecular weight is 288 g/mol. The van der Waals surface area contributed by atoms with Gasteiger partial charge in [0.1, 0.15) is 0 Å². The fraction of sp³-hybridized carbons (Fsp3) is 0.667. The molecule has 0 aromatic heterocycles. The first-order chi connectivity index (χ1) is 9.94. The van der Waals surface area contributed by atoms with Crippen LogP contribution < -0.4 is 10.2 Å². The molecule has 1 aromatic rings. The number of hydrogen-bond donors (Lipinski definition) is 2. The molecular formula is C18H28N2O. The van der Waals surface area contributed by atoms with Gasteiger partial charge in [0.25, 0.3) is 0 Å².